The van der Waals surface area contributed by atoms with Gasteiger partial charge in [-0.3, -0.25) is 9.59 Å². The highest BCUT2D eigenvalue weighted by atomic mass is 16.5. The number of ether oxygens (including phenoxy) is 2. The topological polar surface area (TPSA) is 124 Å². The van der Waals surface area contributed by atoms with E-state index in [1.807, 2.05) is 12.3 Å². The first kappa shape index (κ1) is 20.2. The minimum atomic E-state index is -0.259. The van der Waals surface area contributed by atoms with E-state index in [0.717, 1.165) is 6.42 Å². The minimum absolute atomic E-state index is 0.00219. The molecule has 0 radical (unpaired) electrons. The Bertz CT molecular complexity index is 1290. The summed E-state index contributed by atoms with van der Waals surface area (Å²) in [5.41, 5.74) is 1.07. The molecule has 3 aromatic heterocycles. The van der Waals surface area contributed by atoms with Gasteiger partial charge in [0, 0.05) is 44.3 Å². The van der Waals surface area contributed by atoms with Crippen LogP contribution in [-0.2, 0) is 9.47 Å². The average Bonchev–Trinajstić information content (AvgIpc) is 3.58. The monoisotopic (exact) mass is 451 g/mol. The standard InChI is InChI=1S/C22H25N7O4/c1-23-18-7-17(25-14-4-3-5-28(22(14)31)19-12-9-33-10-13(12)19)27-20-11(8-24-29(18)20)21(30)26-15-6-16(15)32-2/h3-5,7-8,12-13,15-16,19,23H,6,9-10H2,1-2H3,(H,25,27)(H,26,30)/t12-,13+,15-,16-,19+/m0/s1. The lowest BCUT2D eigenvalue weighted by atomic mass is 10.3. The second kappa shape index (κ2) is 7.56. The number of aromatic nitrogens is 4. The fourth-order valence-electron chi connectivity index (χ4n) is 4.80. The molecule has 1 saturated heterocycles. The van der Waals surface area contributed by atoms with Crippen LogP contribution in [0.5, 0.6) is 0 Å². The number of carbonyl (C=O) groups is 1. The van der Waals surface area contributed by atoms with Crippen LogP contribution in [0.25, 0.3) is 5.65 Å². The van der Waals surface area contributed by atoms with E-state index in [9.17, 15) is 9.59 Å². The molecule has 172 valence electrons. The van der Waals surface area contributed by atoms with Gasteiger partial charge in [0.05, 0.1) is 31.6 Å². The summed E-state index contributed by atoms with van der Waals surface area (Å²) in [5, 5.41) is 13.5. The van der Waals surface area contributed by atoms with Crippen molar-refractivity contribution < 1.29 is 14.3 Å². The molecule has 0 aromatic carbocycles. The molecule has 3 fully saturated rings. The van der Waals surface area contributed by atoms with Crippen molar-refractivity contribution in [1.82, 2.24) is 24.5 Å². The molecule has 4 heterocycles. The zero-order valence-electron chi connectivity index (χ0n) is 18.3. The van der Waals surface area contributed by atoms with Crippen molar-refractivity contribution in [2.45, 2.75) is 24.6 Å². The van der Waals surface area contributed by atoms with E-state index in [4.69, 9.17) is 9.47 Å². The second-order valence-corrected chi connectivity index (χ2v) is 8.78. The summed E-state index contributed by atoms with van der Waals surface area (Å²) < 4.78 is 14.1. The largest absolute Gasteiger partial charge is 0.381 e. The Balaban J connectivity index is 1.31. The highest BCUT2D eigenvalue weighted by molar-refractivity contribution is 6.00. The molecule has 11 heteroatoms. The zero-order valence-corrected chi connectivity index (χ0v) is 18.3. The highest BCUT2D eigenvalue weighted by Gasteiger charge is 2.55. The number of carbonyl (C=O) groups excluding carboxylic acids is 1. The molecule has 11 nitrogen and oxygen atoms in total. The van der Waals surface area contributed by atoms with Gasteiger partial charge in [0.15, 0.2) is 5.65 Å². The van der Waals surface area contributed by atoms with Gasteiger partial charge in [-0.2, -0.15) is 9.61 Å². The first-order chi connectivity index (χ1) is 16.1. The lowest BCUT2D eigenvalue weighted by Gasteiger charge is -2.13. The van der Waals surface area contributed by atoms with E-state index in [2.05, 4.69) is 26.0 Å². The van der Waals surface area contributed by atoms with Crippen molar-refractivity contribution in [3.63, 3.8) is 0 Å². The smallest absolute Gasteiger partial charge is 0.274 e. The first-order valence-corrected chi connectivity index (χ1v) is 11.0. The predicted molar refractivity (Wildman–Crippen MR) is 120 cm³/mol. The van der Waals surface area contributed by atoms with Crippen molar-refractivity contribution in [3.8, 4) is 0 Å². The number of fused-ring (bicyclic) bond motifs is 2. The summed E-state index contributed by atoms with van der Waals surface area (Å²) >= 11 is 0. The maximum atomic E-state index is 13.1. The SMILES string of the molecule is CNc1cc(Nc2cccn([C@H]3[C@@H]4COC[C@@H]43)c2=O)nc2c(C(=O)N[C@H]3C[C@@H]3OC)cnn12. The predicted octanol–water partition coefficient (Wildman–Crippen LogP) is 1.01. The Hall–Kier alpha value is -3.44. The van der Waals surface area contributed by atoms with Crippen molar-refractivity contribution >= 4 is 28.9 Å². The summed E-state index contributed by atoms with van der Waals surface area (Å²) in [6, 6.07) is 5.54. The first-order valence-electron chi connectivity index (χ1n) is 11.0. The molecule has 3 N–H and O–H groups in total. The van der Waals surface area contributed by atoms with Gasteiger partial charge in [-0.25, -0.2) is 4.98 Å². The van der Waals surface area contributed by atoms with E-state index in [1.54, 1.807) is 35.4 Å². The Labute approximate surface area is 189 Å². The van der Waals surface area contributed by atoms with Gasteiger partial charge in [-0.05, 0) is 18.6 Å². The summed E-state index contributed by atoms with van der Waals surface area (Å²) in [6.07, 6.45) is 4.16. The van der Waals surface area contributed by atoms with Gasteiger partial charge in [0.1, 0.15) is 22.9 Å². The van der Waals surface area contributed by atoms with Crippen LogP contribution in [0, 0.1) is 11.8 Å². The molecule has 3 aromatic rings. The van der Waals surface area contributed by atoms with Crippen LogP contribution in [0.4, 0.5) is 17.3 Å². The van der Waals surface area contributed by atoms with E-state index in [-0.39, 0.29) is 29.7 Å². The third-order valence-electron chi connectivity index (χ3n) is 6.79. The molecule has 0 spiro atoms. The lowest BCUT2D eigenvalue weighted by molar-refractivity contribution is 0.0936. The number of hydrogen-bond donors (Lipinski definition) is 3. The molecule has 5 atom stereocenters. The Kier molecular flexibility index (Phi) is 4.63. The molecule has 6 rings (SSSR count). The fourth-order valence-corrected chi connectivity index (χ4v) is 4.80. The van der Waals surface area contributed by atoms with Gasteiger partial charge in [0.2, 0.25) is 0 Å². The van der Waals surface area contributed by atoms with E-state index in [0.29, 0.717) is 53.6 Å². The number of nitrogens with one attached hydrogen (secondary N) is 3. The molecule has 0 bridgehead atoms. The van der Waals surface area contributed by atoms with Crippen molar-refractivity contribution in [2.75, 3.05) is 38.0 Å². The zero-order chi connectivity index (χ0) is 22.7. The van der Waals surface area contributed by atoms with E-state index in [1.165, 1.54) is 6.20 Å². The maximum Gasteiger partial charge on any atom is 0.274 e. The van der Waals surface area contributed by atoms with Gasteiger partial charge in [-0.15, -0.1) is 0 Å². The van der Waals surface area contributed by atoms with Gasteiger partial charge in [0.25, 0.3) is 11.5 Å². The van der Waals surface area contributed by atoms with Crippen LogP contribution < -0.4 is 21.5 Å². The van der Waals surface area contributed by atoms with Gasteiger partial charge >= 0.3 is 0 Å². The molecular formula is C22H25N7O4. The van der Waals surface area contributed by atoms with Gasteiger partial charge in [-0.1, -0.05) is 0 Å². The Morgan fingerprint density at radius 2 is 2.12 bits per heavy atom. The highest BCUT2D eigenvalue weighted by Crippen LogP contribution is 2.53. The van der Waals surface area contributed by atoms with E-state index >= 15 is 0 Å². The van der Waals surface area contributed by atoms with Gasteiger partial charge < -0.3 is 30.0 Å². The van der Waals surface area contributed by atoms with Crippen LogP contribution in [-0.4, -0.2) is 64.6 Å². The van der Waals surface area contributed by atoms with Crippen molar-refractivity contribution in [1.29, 1.82) is 0 Å². The molecule has 2 aliphatic carbocycles. The molecule has 33 heavy (non-hydrogen) atoms. The number of hydrogen-bond acceptors (Lipinski definition) is 8. The van der Waals surface area contributed by atoms with E-state index < -0.39 is 0 Å². The fraction of sp³-hybridized carbons (Fsp3) is 0.455. The number of anilines is 3. The second-order valence-electron chi connectivity index (χ2n) is 8.78. The number of nitrogens with zero attached hydrogens (tertiary/aromatic N) is 4. The molecule has 1 aliphatic heterocycles. The molecule has 0 unspecified atom stereocenters. The van der Waals surface area contributed by atoms with Crippen LogP contribution in [0.2, 0.25) is 0 Å². The quantitative estimate of drug-likeness (QED) is 0.486. The lowest BCUT2D eigenvalue weighted by Crippen LogP contribution is -2.28. The molecule has 2 saturated carbocycles. The molecular weight excluding hydrogens is 426 g/mol. The third kappa shape index (κ3) is 3.35. The summed E-state index contributed by atoms with van der Waals surface area (Å²) in [4.78, 5) is 30.6. The Morgan fingerprint density at radius 1 is 1.30 bits per heavy atom. The number of methoxy groups -OCH3 is 1. The number of amides is 1. The minimum Gasteiger partial charge on any atom is -0.381 e. The third-order valence-corrected chi connectivity index (χ3v) is 6.79. The normalized spacial score (nSPS) is 27.3. The average molecular weight is 451 g/mol. The van der Waals surface area contributed by atoms with Crippen LogP contribution >= 0.6 is 0 Å². The molecule has 1 amide bonds. The van der Waals surface area contributed by atoms with Crippen LogP contribution in [0.1, 0.15) is 22.8 Å². The van der Waals surface area contributed by atoms with Crippen LogP contribution in [0.15, 0.2) is 35.4 Å². The van der Waals surface area contributed by atoms with Crippen molar-refractivity contribution in [2.24, 2.45) is 11.8 Å². The maximum absolute atomic E-state index is 13.1. The molecule has 3 aliphatic rings. The number of pyridine rings is 1. The van der Waals surface area contributed by atoms with Crippen LogP contribution in [0.3, 0.4) is 0 Å². The Morgan fingerprint density at radius 3 is 2.85 bits per heavy atom. The number of rotatable bonds is 7. The summed E-state index contributed by atoms with van der Waals surface area (Å²) in [5.74, 6) is 1.65. The van der Waals surface area contributed by atoms with Crippen molar-refractivity contribution in [3.05, 3.63) is 46.5 Å². The summed E-state index contributed by atoms with van der Waals surface area (Å²) in [7, 11) is 3.39. The summed E-state index contributed by atoms with van der Waals surface area (Å²) in [6.45, 7) is 1.42.